The van der Waals surface area contributed by atoms with Crippen LogP contribution in [0.2, 0.25) is 0 Å². The zero-order valence-electron chi connectivity index (χ0n) is 23.4. The molecule has 1 N–H and O–H groups in total. The lowest BCUT2D eigenvalue weighted by molar-refractivity contribution is 0.103. The van der Waals surface area contributed by atoms with Gasteiger partial charge in [-0.25, -0.2) is 0 Å². The fourth-order valence-electron chi connectivity index (χ4n) is 4.76. The third-order valence-corrected chi connectivity index (χ3v) is 8.43. The summed E-state index contributed by atoms with van der Waals surface area (Å²) >= 11 is 0. The zero-order valence-corrected chi connectivity index (χ0v) is 25.3. The summed E-state index contributed by atoms with van der Waals surface area (Å²) < 4.78 is 27.7. The maximum absolute atomic E-state index is 13.1. The van der Waals surface area contributed by atoms with Crippen molar-refractivity contribution in [3.63, 3.8) is 0 Å². The van der Waals surface area contributed by atoms with Crippen molar-refractivity contribution in [3.8, 4) is 5.75 Å². The monoisotopic (exact) mass is 555 g/mol. The summed E-state index contributed by atoms with van der Waals surface area (Å²) in [5, 5.41) is 0. The van der Waals surface area contributed by atoms with Crippen LogP contribution in [0.15, 0.2) is 42.5 Å². The van der Waals surface area contributed by atoms with Crippen LogP contribution in [0.3, 0.4) is 0 Å². The first-order valence-corrected chi connectivity index (χ1v) is 15.2. The van der Waals surface area contributed by atoms with Gasteiger partial charge in [0.05, 0.1) is 5.56 Å². The van der Waals surface area contributed by atoms with Gasteiger partial charge < -0.3 is 4.89 Å². The summed E-state index contributed by atoms with van der Waals surface area (Å²) in [5.41, 5.74) is 7.52. The van der Waals surface area contributed by atoms with Crippen LogP contribution < -0.4 is 4.52 Å². The molecule has 0 saturated heterocycles. The van der Waals surface area contributed by atoms with Crippen LogP contribution in [0, 0.1) is 41.5 Å². The van der Waals surface area contributed by atoms with Gasteiger partial charge in [0, 0.05) is 17.3 Å². The Morgan fingerprint density at radius 1 is 0.816 bits per heavy atom. The quantitative estimate of drug-likeness (QED) is 0.225. The van der Waals surface area contributed by atoms with Crippen LogP contribution >= 0.6 is 16.1 Å². The molecule has 0 aromatic heterocycles. The van der Waals surface area contributed by atoms with Gasteiger partial charge in [-0.05, 0) is 86.4 Å². The van der Waals surface area contributed by atoms with Crippen molar-refractivity contribution < 1.29 is 28.1 Å². The molecule has 0 heterocycles. The van der Waals surface area contributed by atoms with E-state index in [-0.39, 0.29) is 11.9 Å². The Labute approximate surface area is 227 Å². The maximum Gasteiger partial charge on any atom is 0.542 e. The first-order chi connectivity index (χ1) is 17.8. The van der Waals surface area contributed by atoms with Gasteiger partial charge >= 0.3 is 8.69 Å². The molecule has 3 aromatic rings. The number of carbonyl (C=O) groups is 2. The number of hydrogen-bond acceptors (Lipinski definition) is 5. The van der Waals surface area contributed by atoms with Crippen LogP contribution in [0.4, 0.5) is 0 Å². The van der Waals surface area contributed by atoms with Crippen LogP contribution in [0.5, 0.6) is 5.75 Å². The van der Waals surface area contributed by atoms with Gasteiger partial charge in [0.1, 0.15) is 0 Å². The number of benzene rings is 3. The van der Waals surface area contributed by atoms with E-state index in [2.05, 4.69) is 0 Å². The highest BCUT2D eigenvalue weighted by Crippen LogP contribution is 2.45. The summed E-state index contributed by atoms with van der Waals surface area (Å²) in [6, 6.07) is 13.1. The summed E-state index contributed by atoms with van der Waals surface area (Å²) in [5.74, 6) is 0.317. The lowest BCUT2D eigenvalue weighted by atomic mass is 9.90. The van der Waals surface area contributed by atoms with Crippen LogP contribution in [0.25, 0.3) is 0 Å². The molecule has 0 radical (unpaired) electrons. The number of ketones is 1. The third-order valence-electron chi connectivity index (χ3n) is 6.41. The number of hydrogen-bond donors (Lipinski definition) is 1. The van der Waals surface area contributed by atoms with E-state index < -0.39 is 21.6 Å². The highest BCUT2D eigenvalue weighted by Gasteiger charge is 2.30. The van der Waals surface area contributed by atoms with Gasteiger partial charge in [0.25, 0.3) is 7.37 Å². The van der Waals surface area contributed by atoms with Gasteiger partial charge in [-0.3, -0.25) is 18.7 Å². The maximum atomic E-state index is 13.1. The standard InChI is InChI=1S/C18H20O3P.C12H17O3P/c1-5-14-7-6-8-15(21-22-20)17(14)18(19)16-12(3)9-11(2)10-13(16)4;1-5-16(14,15)12(13)11-9(3)6-8(2)7-10(11)4/h6-10,22H,5H2,1-4H3;6-7H,5H2,1-4H3,(H,14,15)/q+1;. The summed E-state index contributed by atoms with van der Waals surface area (Å²) in [7, 11) is -4.62. The highest BCUT2D eigenvalue weighted by atomic mass is 31.2. The Balaban J connectivity index is 0.000000281. The second-order valence-electron chi connectivity index (χ2n) is 9.53. The van der Waals surface area contributed by atoms with E-state index >= 15 is 0 Å². The normalized spacial score (nSPS) is 12.3. The molecule has 0 aliphatic rings. The second kappa shape index (κ2) is 13.2. The SMILES string of the molecule is CCP(=O)(O)C(=O)c1c(C)cc(C)cc1C.CCc1cccc(O[PH+]=O)c1C(=O)c1c(C)cc(C)cc1C. The van der Waals surface area contributed by atoms with E-state index in [1.54, 1.807) is 26.8 Å². The largest absolute Gasteiger partial charge is 0.542 e. The van der Waals surface area contributed by atoms with Gasteiger partial charge in [0.2, 0.25) is 5.52 Å². The summed E-state index contributed by atoms with van der Waals surface area (Å²) in [6.45, 7) is 15.0. The molecule has 0 fully saturated rings. The van der Waals surface area contributed by atoms with Crippen molar-refractivity contribution in [1.29, 1.82) is 0 Å². The molecular formula is C30H37O6P2+. The predicted octanol–water partition coefficient (Wildman–Crippen LogP) is 7.77. The van der Waals surface area contributed by atoms with Crippen LogP contribution in [0.1, 0.15) is 79.1 Å². The minimum Gasteiger partial charge on any atom is -0.339 e. The number of aryl methyl sites for hydroxylation is 7. The molecule has 0 aliphatic heterocycles. The van der Waals surface area contributed by atoms with Gasteiger partial charge in [-0.2, -0.15) is 0 Å². The summed E-state index contributed by atoms with van der Waals surface area (Å²) in [4.78, 5) is 34.6. The molecule has 8 heteroatoms. The molecule has 2 unspecified atom stereocenters. The molecular weight excluding hydrogens is 518 g/mol. The molecule has 3 aromatic carbocycles. The van der Waals surface area contributed by atoms with E-state index in [1.807, 2.05) is 71.0 Å². The predicted molar refractivity (Wildman–Crippen MR) is 155 cm³/mol. The first-order valence-electron chi connectivity index (χ1n) is 12.5. The lowest BCUT2D eigenvalue weighted by Gasteiger charge is -2.13. The Morgan fingerprint density at radius 3 is 1.71 bits per heavy atom. The van der Waals surface area contributed by atoms with Crippen molar-refractivity contribution in [2.75, 3.05) is 6.16 Å². The number of carbonyl (C=O) groups excluding carboxylic acids is 2. The molecule has 0 aliphatic carbocycles. The fraction of sp³-hybridized carbons (Fsp3) is 0.333. The van der Waals surface area contributed by atoms with E-state index in [0.717, 1.165) is 38.9 Å². The Bertz CT molecular complexity index is 1380. The number of rotatable bonds is 8. The molecule has 3 rings (SSSR count). The van der Waals surface area contributed by atoms with Crippen molar-refractivity contribution in [1.82, 2.24) is 0 Å². The van der Waals surface area contributed by atoms with Gasteiger partial charge in [-0.1, -0.05) is 61.4 Å². The molecule has 0 saturated carbocycles. The first kappa shape index (κ1) is 31.3. The van der Waals surface area contributed by atoms with Crippen LogP contribution in [-0.4, -0.2) is 22.4 Å². The molecule has 2 atom stereocenters. The van der Waals surface area contributed by atoms with Crippen molar-refractivity contribution in [3.05, 3.63) is 98.1 Å². The minimum absolute atomic E-state index is 0.0153. The zero-order chi connectivity index (χ0) is 28.8. The Morgan fingerprint density at radius 2 is 1.29 bits per heavy atom. The second-order valence-corrected chi connectivity index (χ2v) is 12.3. The molecule has 0 spiro atoms. The fourth-order valence-corrected chi connectivity index (χ4v) is 6.01. The van der Waals surface area contributed by atoms with Crippen molar-refractivity contribution in [2.45, 2.75) is 61.8 Å². The molecule has 38 heavy (non-hydrogen) atoms. The smallest absolute Gasteiger partial charge is 0.339 e. The Hall–Kier alpha value is -2.91. The van der Waals surface area contributed by atoms with Crippen molar-refractivity contribution in [2.24, 2.45) is 0 Å². The van der Waals surface area contributed by atoms with E-state index in [0.29, 0.717) is 28.9 Å². The van der Waals surface area contributed by atoms with Crippen molar-refractivity contribution >= 4 is 27.4 Å². The third kappa shape index (κ3) is 7.14. The van der Waals surface area contributed by atoms with E-state index in [9.17, 15) is 23.6 Å². The van der Waals surface area contributed by atoms with Gasteiger partial charge in [0.15, 0.2) is 11.5 Å². The molecule has 6 nitrogen and oxygen atoms in total. The van der Waals surface area contributed by atoms with Crippen LogP contribution in [-0.2, 0) is 15.6 Å². The van der Waals surface area contributed by atoms with Gasteiger partial charge in [-0.15, -0.1) is 0 Å². The Kier molecular flexibility index (Phi) is 10.9. The average Bonchev–Trinajstić information content (AvgIpc) is 2.83. The molecule has 0 bridgehead atoms. The molecule has 0 amide bonds. The van der Waals surface area contributed by atoms with E-state index in [4.69, 9.17) is 4.52 Å². The minimum atomic E-state index is -3.69. The average molecular weight is 556 g/mol. The topological polar surface area (TPSA) is 97.7 Å². The highest BCUT2D eigenvalue weighted by molar-refractivity contribution is 7.76. The lowest BCUT2D eigenvalue weighted by Crippen LogP contribution is -2.10. The molecule has 202 valence electrons. The van der Waals surface area contributed by atoms with E-state index in [1.165, 1.54) is 0 Å². The summed E-state index contributed by atoms with van der Waals surface area (Å²) in [6.07, 6.45) is 0.697.